The van der Waals surface area contributed by atoms with Gasteiger partial charge in [0.05, 0.1) is 25.6 Å². The van der Waals surface area contributed by atoms with Crippen molar-refractivity contribution in [3.8, 4) is 0 Å². The number of ether oxygens (including phenoxy) is 2. The van der Waals surface area contributed by atoms with E-state index in [1.807, 2.05) is 6.92 Å². The van der Waals surface area contributed by atoms with Crippen molar-refractivity contribution in [2.75, 3.05) is 6.61 Å². The highest BCUT2D eigenvalue weighted by Crippen LogP contribution is 2.11. The summed E-state index contributed by atoms with van der Waals surface area (Å²) < 4.78 is 10.0. The summed E-state index contributed by atoms with van der Waals surface area (Å²) >= 11 is 0. The SMILES string of the molecule is CCCCCCCCC(C)OC(=O)CCC(=O)OCC. The summed E-state index contributed by atoms with van der Waals surface area (Å²) in [7, 11) is 0. The molecule has 0 saturated heterocycles. The lowest BCUT2D eigenvalue weighted by Gasteiger charge is -2.13. The van der Waals surface area contributed by atoms with Crippen LogP contribution in [0.1, 0.15) is 78.6 Å². The van der Waals surface area contributed by atoms with Crippen LogP contribution < -0.4 is 0 Å². The molecule has 0 aliphatic carbocycles. The lowest BCUT2D eigenvalue weighted by molar-refractivity contribution is -0.153. The van der Waals surface area contributed by atoms with E-state index in [9.17, 15) is 9.59 Å². The first-order valence-corrected chi connectivity index (χ1v) is 7.95. The summed E-state index contributed by atoms with van der Waals surface area (Å²) in [5, 5.41) is 0. The molecule has 0 N–H and O–H groups in total. The highest BCUT2D eigenvalue weighted by atomic mass is 16.5. The molecular formula is C16H30O4. The number of hydrogen-bond donors (Lipinski definition) is 0. The summed E-state index contributed by atoms with van der Waals surface area (Å²) in [5.41, 5.74) is 0. The summed E-state index contributed by atoms with van der Waals surface area (Å²) in [5.74, 6) is -0.649. The Labute approximate surface area is 123 Å². The predicted molar refractivity (Wildman–Crippen MR) is 79.4 cm³/mol. The first kappa shape index (κ1) is 18.9. The van der Waals surface area contributed by atoms with Gasteiger partial charge in [-0.25, -0.2) is 0 Å². The van der Waals surface area contributed by atoms with Crippen molar-refractivity contribution in [2.45, 2.75) is 84.7 Å². The van der Waals surface area contributed by atoms with E-state index in [4.69, 9.17) is 9.47 Å². The van der Waals surface area contributed by atoms with Gasteiger partial charge < -0.3 is 9.47 Å². The second-order valence-corrected chi connectivity index (χ2v) is 5.16. The molecule has 0 radical (unpaired) electrons. The lowest BCUT2D eigenvalue weighted by atomic mass is 10.1. The van der Waals surface area contributed by atoms with Gasteiger partial charge >= 0.3 is 11.9 Å². The Morgan fingerprint density at radius 2 is 1.50 bits per heavy atom. The molecule has 4 nitrogen and oxygen atoms in total. The van der Waals surface area contributed by atoms with Gasteiger partial charge in [0.25, 0.3) is 0 Å². The van der Waals surface area contributed by atoms with Crippen molar-refractivity contribution < 1.29 is 19.1 Å². The van der Waals surface area contributed by atoms with E-state index < -0.39 is 0 Å². The molecule has 0 aromatic rings. The maximum Gasteiger partial charge on any atom is 0.306 e. The van der Waals surface area contributed by atoms with Crippen LogP contribution in [-0.2, 0) is 19.1 Å². The first-order valence-electron chi connectivity index (χ1n) is 7.95. The zero-order valence-electron chi connectivity index (χ0n) is 13.3. The van der Waals surface area contributed by atoms with E-state index in [-0.39, 0.29) is 30.9 Å². The fraction of sp³-hybridized carbons (Fsp3) is 0.875. The van der Waals surface area contributed by atoms with Crippen LogP contribution in [0.4, 0.5) is 0 Å². The second-order valence-electron chi connectivity index (χ2n) is 5.16. The number of unbranched alkanes of at least 4 members (excludes halogenated alkanes) is 5. The summed E-state index contributed by atoms with van der Waals surface area (Å²) in [6.07, 6.45) is 8.47. The number of rotatable bonds is 12. The molecule has 0 bridgehead atoms. The number of hydrogen-bond acceptors (Lipinski definition) is 4. The largest absolute Gasteiger partial charge is 0.466 e. The molecule has 0 fully saturated rings. The van der Waals surface area contributed by atoms with Crippen molar-refractivity contribution in [3.05, 3.63) is 0 Å². The normalized spacial score (nSPS) is 11.9. The van der Waals surface area contributed by atoms with Crippen LogP contribution in [0.2, 0.25) is 0 Å². The zero-order chi connectivity index (χ0) is 15.2. The molecule has 1 atom stereocenters. The van der Waals surface area contributed by atoms with Crippen LogP contribution in [0.5, 0.6) is 0 Å². The highest BCUT2D eigenvalue weighted by Gasteiger charge is 2.12. The molecule has 20 heavy (non-hydrogen) atoms. The molecule has 0 aromatic heterocycles. The Bertz CT molecular complexity index is 263. The van der Waals surface area contributed by atoms with Crippen LogP contribution in [0.15, 0.2) is 0 Å². The Kier molecular flexibility index (Phi) is 12.3. The zero-order valence-corrected chi connectivity index (χ0v) is 13.3. The van der Waals surface area contributed by atoms with Gasteiger partial charge in [-0.2, -0.15) is 0 Å². The topological polar surface area (TPSA) is 52.6 Å². The van der Waals surface area contributed by atoms with Gasteiger partial charge in [-0.15, -0.1) is 0 Å². The van der Waals surface area contributed by atoms with Crippen molar-refractivity contribution >= 4 is 11.9 Å². The van der Waals surface area contributed by atoms with Crippen LogP contribution >= 0.6 is 0 Å². The summed E-state index contributed by atoms with van der Waals surface area (Å²) in [6, 6.07) is 0. The monoisotopic (exact) mass is 286 g/mol. The molecule has 1 unspecified atom stereocenters. The maximum absolute atomic E-state index is 11.5. The molecule has 0 saturated carbocycles. The van der Waals surface area contributed by atoms with Gasteiger partial charge in [-0.1, -0.05) is 39.0 Å². The average molecular weight is 286 g/mol. The smallest absolute Gasteiger partial charge is 0.306 e. The minimum absolute atomic E-state index is 0.0594. The quantitative estimate of drug-likeness (QED) is 0.402. The van der Waals surface area contributed by atoms with Crippen molar-refractivity contribution in [2.24, 2.45) is 0 Å². The Morgan fingerprint density at radius 3 is 2.15 bits per heavy atom. The fourth-order valence-electron chi connectivity index (χ4n) is 1.99. The molecule has 0 heterocycles. The van der Waals surface area contributed by atoms with Gasteiger partial charge in [0.2, 0.25) is 0 Å². The van der Waals surface area contributed by atoms with E-state index in [1.54, 1.807) is 6.92 Å². The second kappa shape index (κ2) is 12.9. The van der Waals surface area contributed by atoms with Gasteiger partial charge in [0, 0.05) is 0 Å². The van der Waals surface area contributed by atoms with E-state index in [0.717, 1.165) is 12.8 Å². The van der Waals surface area contributed by atoms with E-state index in [2.05, 4.69) is 6.92 Å². The third-order valence-corrected chi connectivity index (χ3v) is 3.14. The Hall–Kier alpha value is -1.06. The maximum atomic E-state index is 11.5. The van der Waals surface area contributed by atoms with Crippen LogP contribution in [0, 0.1) is 0 Å². The predicted octanol–water partition coefficient (Wildman–Crippen LogP) is 4.01. The molecule has 4 heteroatoms. The Morgan fingerprint density at radius 1 is 0.900 bits per heavy atom. The number of esters is 2. The molecule has 0 rings (SSSR count). The molecular weight excluding hydrogens is 256 g/mol. The Balaban J connectivity index is 3.52. The number of carbonyl (C=O) groups is 2. The third kappa shape index (κ3) is 12.0. The van der Waals surface area contributed by atoms with Crippen molar-refractivity contribution in [1.82, 2.24) is 0 Å². The van der Waals surface area contributed by atoms with E-state index in [1.165, 1.54) is 32.1 Å². The molecule has 0 amide bonds. The lowest BCUT2D eigenvalue weighted by Crippen LogP contribution is -2.16. The first-order chi connectivity index (χ1) is 9.60. The van der Waals surface area contributed by atoms with Gasteiger partial charge in [-0.05, 0) is 26.7 Å². The molecule has 118 valence electrons. The summed E-state index contributed by atoms with van der Waals surface area (Å²) in [4.78, 5) is 22.6. The average Bonchev–Trinajstić information content (AvgIpc) is 2.41. The van der Waals surface area contributed by atoms with E-state index >= 15 is 0 Å². The summed E-state index contributed by atoms with van der Waals surface area (Å²) in [6.45, 7) is 6.22. The minimum Gasteiger partial charge on any atom is -0.466 e. The molecule has 0 aromatic carbocycles. The van der Waals surface area contributed by atoms with Gasteiger partial charge in [-0.3, -0.25) is 9.59 Å². The molecule has 0 aliphatic rings. The number of carbonyl (C=O) groups excluding carboxylic acids is 2. The third-order valence-electron chi connectivity index (χ3n) is 3.14. The van der Waals surface area contributed by atoms with Crippen LogP contribution in [-0.4, -0.2) is 24.6 Å². The fourth-order valence-corrected chi connectivity index (χ4v) is 1.99. The van der Waals surface area contributed by atoms with Gasteiger partial charge in [0.1, 0.15) is 0 Å². The van der Waals surface area contributed by atoms with Gasteiger partial charge in [0.15, 0.2) is 0 Å². The molecule has 0 spiro atoms. The standard InChI is InChI=1S/C16H30O4/c1-4-6-7-8-9-10-11-14(3)20-16(18)13-12-15(17)19-5-2/h14H,4-13H2,1-3H3. The van der Waals surface area contributed by atoms with Crippen molar-refractivity contribution in [3.63, 3.8) is 0 Å². The van der Waals surface area contributed by atoms with Crippen LogP contribution in [0.25, 0.3) is 0 Å². The van der Waals surface area contributed by atoms with Crippen LogP contribution in [0.3, 0.4) is 0 Å². The molecule has 0 aliphatic heterocycles. The van der Waals surface area contributed by atoms with Crippen molar-refractivity contribution in [1.29, 1.82) is 0 Å². The minimum atomic E-state index is -0.340. The van der Waals surface area contributed by atoms with E-state index in [0.29, 0.717) is 6.61 Å². The highest BCUT2D eigenvalue weighted by molar-refractivity contribution is 5.77.